The molecule has 16 heavy (non-hydrogen) atoms. The highest BCUT2D eigenvalue weighted by atomic mass is 15.3. The first-order valence-electron chi connectivity index (χ1n) is 5.83. The van der Waals surface area contributed by atoms with Crippen molar-refractivity contribution in [2.45, 2.75) is 32.9 Å². The molecule has 1 aromatic heterocycles. The first-order chi connectivity index (χ1) is 7.58. The predicted octanol–water partition coefficient (Wildman–Crippen LogP) is 1.31. The molecule has 0 bridgehead atoms. The van der Waals surface area contributed by atoms with E-state index in [4.69, 9.17) is 0 Å². The average molecular weight is 220 g/mol. The molecule has 4 nitrogen and oxygen atoms in total. The summed E-state index contributed by atoms with van der Waals surface area (Å²) in [7, 11) is 2.18. The summed E-state index contributed by atoms with van der Waals surface area (Å²) in [4.78, 5) is 13.5. The van der Waals surface area contributed by atoms with Gasteiger partial charge < -0.3 is 4.90 Å². The van der Waals surface area contributed by atoms with Crippen molar-refractivity contribution in [3.8, 4) is 0 Å². The lowest BCUT2D eigenvalue weighted by molar-refractivity contribution is 0.169. The van der Waals surface area contributed by atoms with E-state index < -0.39 is 0 Å². The number of likely N-dealkylation sites (N-methyl/N-ethyl adjacent to an activating group) is 1. The molecular formula is C12H20N4. The summed E-state index contributed by atoms with van der Waals surface area (Å²) in [6.07, 6.45) is 3.77. The molecule has 1 aliphatic rings. The Balaban J connectivity index is 2.13. The molecule has 0 saturated carbocycles. The summed E-state index contributed by atoms with van der Waals surface area (Å²) < 4.78 is 0. The third-order valence-electron chi connectivity index (χ3n) is 3.41. The molecule has 0 aliphatic carbocycles. The molecule has 0 aromatic carbocycles. The Morgan fingerprint density at radius 2 is 1.62 bits per heavy atom. The van der Waals surface area contributed by atoms with E-state index in [-0.39, 0.29) is 0 Å². The van der Waals surface area contributed by atoms with Gasteiger partial charge in [-0.2, -0.15) is 0 Å². The molecule has 0 radical (unpaired) electrons. The number of nitrogens with zero attached hydrogens (tertiary/aromatic N) is 4. The second-order valence-corrected chi connectivity index (χ2v) is 4.83. The van der Waals surface area contributed by atoms with Crippen molar-refractivity contribution < 1.29 is 0 Å². The first kappa shape index (κ1) is 11.3. The van der Waals surface area contributed by atoms with Gasteiger partial charge in [0.1, 0.15) is 0 Å². The lowest BCUT2D eigenvalue weighted by atomic mass is 10.1. The third-order valence-corrected chi connectivity index (χ3v) is 3.41. The van der Waals surface area contributed by atoms with Crippen molar-refractivity contribution >= 4 is 5.95 Å². The van der Waals surface area contributed by atoms with Crippen LogP contribution in [0.2, 0.25) is 0 Å². The van der Waals surface area contributed by atoms with Crippen molar-refractivity contribution in [3.05, 3.63) is 18.0 Å². The van der Waals surface area contributed by atoms with Gasteiger partial charge in [-0.1, -0.05) is 0 Å². The maximum absolute atomic E-state index is 4.39. The maximum Gasteiger partial charge on any atom is 0.225 e. The minimum absolute atomic E-state index is 0.550. The second kappa shape index (κ2) is 4.37. The Labute approximate surface area is 97.3 Å². The standard InChI is InChI=1S/C12H20N4/c1-9-5-13-12(14-6-9)16-7-10(2)15(4)11(3)8-16/h5-6,10-11H,7-8H2,1-4H3. The zero-order chi connectivity index (χ0) is 11.7. The first-order valence-corrected chi connectivity index (χ1v) is 5.83. The van der Waals surface area contributed by atoms with Crippen LogP contribution in [0, 0.1) is 6.92 Å². The van der Waals surface area contributed by atoms with Gasteiger partial charge in [-0.05, 0) is 33.4 Å². The number of rotatable bonds is 1. The van der Waals surface area contributed by atoms with E-state index in [0.29, 0.717) is 12.1 Å². The van der Waals surface area contributed by atoms with Crippen LogP contribution in [0.1, 0.15) is 19.4 Å². The number of hydrogen-bond donors (Lipinski definition) is 0. The van der Waals surface area contributed by atoms with Crippen LogP contribution >= 0.6 is 0 Å². The Morgan fingerprint density at radius 3 is 2.12 bits per heavy atom. The largest absolute Gasteiger partial charge is 0.338 e. The minimum Gasteiger partial charge on any atom is -0.338 e. The topological polar surface area (TPSA) is 32.3 Å². The molecule has 1 saturated heterocycles. The van der Waals surface area contributed by atoms with E-state index in [9.17, 15) is 0 Å². The minimum atomic E-state index is 0.550. The number of aromatic nitrogens is 2. The maximum atomic E-state index is 4.39. The number of aryl methyl sites for hydroxylation is 1. The van der Waals surface area contributed by atoms with Gasteiger partial charge in [-0.25, -0.2) is 9.97 Å². The molecule has 4 heteroatoms. The summed E-state index contributed by atoms with van der Waals surface area (Å²) in [6.45, 7) is 8.51. The molecule has 0 amide bonds. The fraction of sp³-hybridized carbons (Fsp3) is 0.667. The van der Waals surface area contributed by atoms with Gasteiger partial charge in [0.05, 0.1) is 0 Å². The molecule has 1 aromatic rings. The highest BCUT2D eigenvalue weighted by Gasteiger charge is 2.27. The van der Waals surface area contributed by atoms with Crippen LogP contribution in [0.4, 0.5) is 5.95 Å². The molecule has 2 heterocycles. The summed E-state index contributed by atoms with van der Waals surface area (Å²) in [5.74, 6) is 0.859. The lowest BCUT2D eigenvalue weighted by Gasteiger charge is -2.42. The zero-order valence-electron chi connectivity index (χ0n) is 10.5. The smallest absolute Gasteiger partial charge is 0.225 e. The normalized spacial score (nSPS) is 27.1. The van der Waals surface area contributed by atoms with E-state index in [1.807, 2.05) is 19.3 Å². The quantitative estimate of drug-likeness (QED) is 0.714. The molecule has 2 rings (SSSR count). The number of piperazine rings is 1. The van der Waals surface area contributed by atoms with Crippen LogP contribution in [0.25, 0.3) is 0 Å². The van der Waals surface area contributed by atoms with Crippen LogP contribution in [-0.4, -0.2) is 47.1 Å². The van der Waals surface area contributed by atoms with Gasteiger partial charge in [0.15, 0.2) is 0 Å². The van der Waals surface area contributed by atoms with Crippen LogP contribution in [0.3, 0.4) is 0 Å². The van der Waals surface area contributed by atoms with E-state index in [1.165, 1.54) is 0 Å². The Morgan fingerprint density at radius 1 is 1.12 bits per heavy atom. The molecule has 1 aliphatic heterocycles. The van der Waals surface area contributed by atoms with Crippen LogP contribution in [0.5, 0.6) is 0 Å². The zero-order valence-corrected chi connectivity index (χ0v) is 10.5. The van der Waals surface area contributed by atoms with E-state index in [1.54, 1.807) is 0 Å². The van der Waals surface area contributed by atoms with Crippen LogP contribution < -0.4 is 4.90 Å². The van der Waals surface area contributed by atoms with Gasteiger partial charge in [-0.15, -0.1) is 0 Å². The highest BCUT2D eigenvalue weighted by molar-refractivity contribution is 5.31. The second-order valence-electron chi connectivity index (χ2n) is 4.83. The van der Waals surface area contributed by atoms with Gasteiger partial charge >= 0.3 is 0 Å². The van der Waals surface area contributed by atoms with Crippen molar-refractivity contribution in [1.82, 2.24) is 14.9 Å². The Hall–Kier alpha value is -1.16. The summed E-state index contributed by atoms with van der Waals surface area (Å²) in [5.41, 5.74) is 1.11. The third kappa shape index (κ3) is 2.16. The van der Waals surface area contributed by atoms with Gasteiger partial charge in [0.25, 0.3) is 0 Å². The Kier molecular flexibility index (Phi) is 3.10. The van der Waals surface area contributed by atoms with Crippen molar-refractivity contribution in [1.29, 1.82) is 0 Å². The molecular weight excluding hydrogens is 200 g/mol. The molecule has 2 atom stereocenters. The predicted molar refractivity (Wildman–Crippen MR) is 65.7 cm³/mol. The number of anilines is 1. The van der Waals surface area contributed by atoms with Gasteiger partial charge in [0, 0.05) is 37.6 Å². The summed E-state index contributed by atoms with van der Waals surface area (Å²) >= 11 is 0. The lowest BCUT2D eigenvalue weighted by Crippen LogP contribution is -2.55. The van der Waals surface area contributed by atoms with E-state index >= 15 is 0 Å². The molecule has 1 fully saturated rings. The van der Waals surface area contributed by atoms with Crippen molar-refractivity contribution in [2.75, 3.05) is 25.0 Å². The molecule has 2 unspecified atom stereocenters. The van der Waals surface area contributed by atoms with Crippen LogP contribution in [-0.2, 0) is 0 Å². The fourth-order valence-electron chi connectivity index (χ4n) is 2.12. The summed E-state index contributed by atoms with van der Waals surface area (Å²) in [6, 6.07) is 1.10. The van der Waals surface area contributed by atoms with E-state index in [2.05, 4.69) is 40.7 Å². The van der Waals surface area contributed by atoms with Crippen molar-refractivity contribution in [3.63, 3.8) is 0 Å². The van der Waals surface area contributed by atoms with Gasteiger partial charge in [-0.3, -0.25) is 4.90 Å². The van der Waals surface area contributed by atoms with Crippen LogP contribution in [0.15, 0.2) is 12.4 Å². The fourth-order valence-corrected chi connectivity index (χ4v) is 2.12. The highest BCUT2D eigenvalue weighted by Crippen LogP contribution is 2.17. The molecule has 0 spiro atoms. The number of hydrogen-bond acceptors (Lipinski definition) is 4. The van der Waals surface area contributed by atoms with Gasteiger partial charge in [0.2, 0.25) is 5.95 Å². The van der Waals surface area contributed by atoms with E-state index in [0.717, 1.165) is 24.6 Å². The SMILES string of the molecule is Cc1cnc(N2CC(C)N(C)C(C)C2)nc1. The average Bonchev–Trinajstić information content (AvgIpc) is 2.26. The Bertz CT molecular complexity index is 337. The molecule has 0 N–H and O–H groups in total. The summed E-state index contributed by atoms with van der Waals surface area (Å²) in [5, 5.41) is 0. The monoisotopic (exact) mass is 220 g/mol. The molecule has 88 valence electrons. The van der Waals surface area contributed by atoms with Crippen molar-refractivity contribution in [2.24, 2.45) is 0 Å².